The Balaban J connectivity index is 5.01. The lowest BCUT2D eigenvalue weighted by atomic mass is 10.5. The highest BCUT2D eigenvalue weighted by molar-refractivity contribution is 4.74. The highest BCUT2D eigenvalue weighted by Gasteiger charge is 2.26. The Hall–Kier alpha value is -2.11. The van der Waals surface area contributed by atoms with Crippen LogP contribution in [0.15, 0.2) is 15.3 Å². The van der Waals surface area contributed by atoms with E-state index in [4.69, 9.17) is 21.3 Å². The van der Waals surface area contributed by atoms with Crippen molar-refractivity contribution in [2.75, 3.05) is 6.61 Å². The maximum atomic E-state index is 8.17. The van der Waals surface area contributed by atoms with Crippen molar-refractivity contribution < 1.29 is 4.74 Å². The summed E-state index contributed by atoms with van der Waals surface area (Å²) in [5.74, 6) is -2.17. The Morgan fingerprint density at radius 1 is 1.07 bits per heavy atom. The first-order valence-corrected chi connectivity index (χ1v) is 3.57. The van der Waals surface area contributed by atoms with Gasteiger partial charge in [-0.15, -0.1) is 0 Å². The fourth-order valence-electron chi connectivity index (χ4n) is 0.560. The first-order valence-electron chi connectivity index (χ1n) is 3.57. The van der Waals surface area contributed by atoms with Crippen molar-refractivity contribution in [3.8, 4) is 0 Å². The summed E-state index contributed by atoms with van der Waals surface area (Å²) in [5, 5.41) is 8.97. The molecule has 0 rings (SSSR count). The van der Waals surface area contributed by atoms with Gasteiger partial charge in [0.15, 0.2) is 0 Å². The predicted molar refractivity (Wildman–Crippen MR) is 46.4 cm³/mol. The van der Waals surface area contributed by atoms with Gasteiger partial charge in [0, 0.05) is 21.3 Å². The van der Waals surface area contributed by atoms with E-state index >= 15 is 0 Å². The van der Waals surface area contributed by atoms with Crippen molar-refractivity contribution in [2.45, 2.75) is 19.3 Å². The SMILES string of the molecule is CCCOC(N=[N+]=[N-])(N=[N+]=[N-])N=[N+]=[N-]. The molecule has 10 heteroatoms. The fourth-order valence-corrected chi connectivity index (χ4v) is 0.560. The molecule has 0 atom stereocenters. The van der Waals surface area contributed by atoms with Crippen molar-refractivity contribution in [2.24, 2.45) is 15.3 Å². The Labute approximate surface area is 78.3 Å². The number of azide groups is 1. The van der Waals surface area contributed by atoms with E-state index in [0.717, 1.165) is 0 Å². The highest BCUT2D eigenvalue weighted by Crippen LogP contribution is 2.18. The Morgan fingerprint density at radius 3 is 1.79 bits per heavy atom. The van der Waals surface area contributed by atoms with Crippen molar-refractivity contribution in [3.63, 3.8) is 0 Å². The molecule has 74 valence electrons. The fraction of sp³-hybridized carbons (Fsp3) is 1.00. The van der Waals surface area contributed by atoms with E-state index in [1.165, 1.54) is 0 Å². The van der Waals surface area contributed by atoms with Gasteiger partial charge >= 0.3 is 5.97 Å². The van der Waals surface area contributed by atoms with E-state index in [2.05, 4.69) is 30.1 Å². The van der Waals surface area contributed by atoms with Gasteiger partial charge in [0.2, 0.25) is 0 Å². The number of hydrogen-bond acceptors (Lipinski definition) is 4. The third-order valence-electron chi connectivity index (χ3n) is 1.02. The van der Waals surface area contributed by atoms with Crippen LogP contribution in [-0.2, 0) is 4.74 Å². The molecule has 0 saturated heterocycles. The molecule has 10 nitrogen and oxygen atoms in total. The van der Waals surface area contributed by atoms with Gasteiger partial charge in [0.25, 0.3) is 0 Å². The van der Waals surface area contributed by atoms with Gasteiger partial charge in [0.05, 0.1) is 0 Å². The second-order valence-corrected chi connectivity index (χ2v) is 1.99. The summed E-state index contributed by atoms with van der Waals surface area (Å²) in [5.41, 5.74) is 24.5. The zero-order valence-electron chi connectivity index (χ0n) is 7.35. The molecule has 0 aromatic rings. The summed E-state index contributed by atoms with van der Waals surface area (Å²) in [6.45, 7) is 1.92. The molecule has 0 heterocycles. The topological polar surface area (TPSA) is 156 Å². The van der Waals surface area contributed by atoms with Crippen LogP contribution in [0.1, 0.15) is 13.3 Å². The molecule has 14 heavy (non-hydrogen) atoms. The van der Waals surface area contributed by atoms with E-state index in [9.17, 15) is 0 Å². The van der Waals surface area contributed by atoms with Crippen LogP contribution >= 0.6 is 0 Å². The molecule has 0 fully saturated rings. The van der Waals surface area contributed by atoms with Crippen LogP contribution in [0.2, 0.25) is 0 Å². The molecule has 0 aliphatic heterocycles. The highest BCUT2D eigenvalue weighted by atomic mass is 16.5. The summed E-state index contributed by atoms with van der Waals surface area (Å²) in [6, 6.07) is 0. The molecule has 0 unspecified atom stereocenters. The lowest BCUT2D eigenvalue weighted by Crippen LogP contribution is -2.23. The van der Waals surface area contributed by atoms with Gasteiger partial charge in [-0.25, -0.2) is 0 Å². The maximum Gasteiger partial charge on any atom is 0.304 e. The van der Waals surface area contributed by atoms with Crippen molar-refractivity contribution in [3.05, 3.63) is 31.3 Å². The third-order valence-corrected chi connectivity index (χ3v) is 1.02. The van der Waals surface area contributed by atoms with Crippen LogP contribution in [0.25, 0.3) is 31.3 Å². The Kier molecular flexibility index (Phi) is 5.44. The zero-order chi connectivity index (χ0) is 10.9. The van der Waals surface area contributed by atoms with Crippen LogP contribution in [0.3, 0.4) is 0 Å². The minimum atomic E-state index is -2.17. The molecule has 0 saturated carbocycles. The van der Waals surface area contributed by atoms with E-state index in [1.807, 2.05) is 0 Å². The van der Waals surface area contributed by atoms with Crippen LogP contribution in [-0.4, -0.2) is 12.6 Å². The van der Waals surface area contributed by atoms with Crippen molar-refractivity contribution >= 4 is 0 Å². The second-order valence-electron chi connectivity index (χ2n) is 1.99. The average Bonchev–Trinajstić information content (AvgIpc) is 2.16. The van der Waals surface area contributed by atoms with Gasteiger partial charge in [-0.3, -0.25) is 0 Å². The van der Waals surface area contributed by atoms with Crippen molar-refractivity contribution in [1.29, 1.82) is 0 Å². The monoisotopic (exact) mass is 197 g/mol. The molecule has 0 N–H and O–H groups in total. The molecule has 0 radical (unpaired) electrons. The minimum absolute atomic E-state index is 0.136. The molecular formula is C4H7N9O. The molecule has 0 aromatic carbocycles. The van der Waals surface area contributed by atoms with Gasteiger partial charge in [-0.1, -0.05) is 6.92 Å². The summed E-state index contributed by atoms with van der Waals surface area (Å²) >= 11 is 0. The molecule has 0 bridgehead atoms. The maximum absolute atomic E-state index is 8.17. The Morgan fingerprint density at radius 2 is 1.50 bits per heavy atom. The molecule has 0 amide bonds. The summed E-state index contributed by atoms with van der Waals surface area (Å²) in [6.07, 6.45) is 0.588. The van der Waals surface area contributed by atoms with E-state index in [0.29, 0.717) is 6.42 Å². The van der Waals surface area contributed by atoms with Gasteiger partial charge in [-0.05, 0) is 38.4 Å². The largest absolute Gasteiger partial charge is 0.359 e. The second kappa shape index (κ2) is 6.41. The number of rotatable bonds is 6. The summed E-state index contributed by atoms with van der Waals surface area (Å²) in [7, 11) is 0. The molecule has 0 aliphatic rings. The van der Waals surface area contributed by atoms with E-state index in [-0.39, 0.29) is 6.61 Å². The number of hydrogen-bond donors (Lipinski definition) is 0. The lowest BCUT2D eigenvalue weighted by Gasteiger charge is -2.16. The first-order chi connectivity index (χ1) is 6.74. The normalized spacial score (nSPS) is 12.6. The average molecular weight is 197 g/mol. The lowest BCUT2D eigenvalue weighted by molar-refractivity contribution is -0.0300. The van der Waals surface area contributed by atoms with E-state index < -0.39 is 5.97 Å². The summed E-state index contributed by atoms with van der Waals surface area (Å²) < 4.78 is 4.84. The zero-order valence-corrected chi connectivity index (χ0v) is 7.35. The molecular weight excluding hydrogens is 190 g/mol. The van der Waals surface area contributed by atoms with Gasteiger partial charge < -0.3 is 4.74 Å². The van der Waals surface area contributed by atoms with Gasteiger partial charge in [0.1, 0.15) is 0 Å². The van der Waals surface area contributed by atoms with Crippen molar-refractivity contribution in [1.82, 2.24) is 0 Å². The Bertz CT molecular complexity index is 272. The molecule has 0 aromatic heterocycles. The van der Waals surface area contributed by atoms with E-state index in [1.54, 1.807) is 6.92 Å². The molecule has 0 aliphatic carbocycles. The number of ether oxygens (including phenoxy) is 1. The van der Waals surface area contributed by atoms with Crippen LogP contribution in [0.5, 0.6) is 0 Å². The molecule has 0 spiro atoms. The smallest absolute Gasteiger partial charge is 0.304 e. The predicted octanol–water partition coefficient (Wildman–Crippen LogP) is 2.96. The van der Waals surface area contributed by atoms with Crippen LogP contribution in [0.4, 0.5) is 0 Å². The third kappa shape index (κ3) is 3.53. The van der Waals surface area contributed by atoms with Gasteiger partial charge in [-0.2, -0.15) is 0 Å². The van der Waals surface area contributed by atoms with Crippen LogP contribution in [0, 0.1) is 0 Å². The standard InChI is InChI=1S/C4H7N9O/c1-2-3-14-4(8-11-5,9-12-6)10-13-7/h2-3H2,1H3. The minimum Gasteiger partial charge on any atom is -0.359 e. The number of nitrogens with zero attached hydrogens (tertiary/aromatic N) is 9. The van der Waals surface area contributed by atoms with Crippen LogP contribution < -0.4 is 0 Å². The quantitative estimate of drug-likeness (QED) is 0.358. The first kappa shape index (κ1) is 11.9. The summed E-state index contributed by atoms with van der Waals surface area (Å²) in [4.78, 5) is 7.11.